The van der Waals surface area contributed by atoms with Crippen LogP contribution in [-0.2, 0) is 11.4 Å². The maximum absolute atomic E-state index is 12.7. The summed E-state index contributed by atoms with van der Waals surface area (Å²) in [7, 11) is 0. The van der Waals surface area contributed by atoms with E-state index in [-0.39, 0.29) is 17.4 Å². The number of carbonyl (C=O) groups excluding carboxylic acids is 2. The number of ketones is 1. The summed E-state index contributed by atoms with van der Waals surface area (Å²) in [5.74, 6) is 1.01. The van der Waals surface area contributed by atoms with Gasteiger partial charge in [-0.15, -0.1) is 0 Å². The Kier molecular flexibility index (Phi) is 5.12. The summed E-state index contributed by atoms with van der Waals surface area (Å²) in [6, 6.07) is 22.4. The molecule has 0 saturated carbocycles. The third-order valence-electron chi connectivity index (χ3n) is 4.39. The number of fused-ring (bicyclic) bond motifs is 1. The van der Waals surface area contributed by atoms with Crippen molar-refractivity contribution in [3.05, 3.63) is 95.2 Å². The van der Waals surface area contributed by atoms with Gasteiger partial charge in [0.15, 0.2) is 5.76 Å². The molecule has 1 aliphatic rings. The van der Waals surface area contributed by atoms with E-state index in [4.69, 9.17) is 9.47 Å². The number of amides is 1. The fraction of sp³-hybridized carbons (Fsp3) is 0.0833. The number of ether oxygens (including phenoxy) is 2. The molecule has 0 bridgehead atoms. The highest BCUT2D eigenvalue weighted by Gasteiger charge is 2.27. The van der Waals surface area contributed by atoms with Gasteiger partial charge in [0, 0.05) is 12.6 Å². The number of allylic oxidation sites excluding steroid dienone is 1. The zero-order valence-electron chi connectivity index (χ0n) is 15.8. The van der Waals surface area contributed by atoms with E-state index in [2.05, 4.69) is 5.32 Å². The lowest BCUT2D eigenvalue weighted by Crippen LogP contribution is -2.06. The molecule has 3 aromatic rings. The topological polar surface area (TPSA) is 64.6 Å². The Balaban J connectivity index is 1.50. The predicted molar refractivity (Wildman–Crippen MR) is 111 cm³/mol. The van der Waals surface area contributed by atoms with E-state index in [0.29, 0.717) is 29.4 Å². The number of anilines is 1. The Hall–Kier alpha value is -3.86. The lowest BCUT2D eigenvalue weighted by molar-refractivity contribution is -0.114. The Bertz CT molecular complexity index is 1100. The second kappa shape index (κ2) is 8.02. The molecule has 1 aliphatic heterocycles. The van der Waals surface area contributed by atoms with Gasteiger partial charge < -0.3 is 14.8 Å². The van der Waals surface area contributed by atoms with Crippen LogP contribution in [-0.4, -0.2) is 11.7 Å². The molecule has 1 heterocycles. The average molecular weight is 385 g/mol. The van der Waals surface area contributed by atoms with Crippen molar-refractivity contribution in [2.24, 2.45) is 0 Å². The average Bonchev–Trinajstić information content (AvgIpc) is 3.02. The van der Waals surface area contributed by atoms with Crippen molar-refractivity contribution < 1.29 is 19.1 Å². The van der Waals surface area contributed by atoms with Crippen molar-refractivity contribution in [2.75, 3.05) is 5.32 Å². The summed E-state index contributed by atoms with van der Waals surface area (Å²) < 4.78 is 11.6. The number of rotatable bonds is 5. The second-order valence-electron chi connectivity index (χ2n) is 6.68. The van der Waals surface area contributed by atoms with Crippen LogP contribution in [0.2, 0.25) is 0 Å². The van der Waals surface area contributed by atoms with Gasteiger partial charge in [0.2, 0.25) is 11.7 Å². The molecular formula is C24H19NO4. The van der Waals surface area contributed by atoms with Crippen molar-refractivity contribution >= 4 is 23.5 Å². The van der Waals surface area contributed by atoms with E-state index < -0.39 is 0 Å². The fourth-order valence-corrected chi connectivity index (χ4v) is 3.06. The van der Waals surface area contributed by atoms with Crippen LogP contribution in [0.25, 0.3) is 6.08 Å². The van der Waals surface area contributed by atoms with Gasteiger partial charge in [0.25, 0.3) is 0 Å². The molecule has 0 spiro atoms. The summed E-state index contributed by atoms with van der Waals surface area (Å²) in [4.78, 5) is 23.9. The monoisotopic (exact) mass is 385 g/mol. The number of Topliss-reactive ketones (excluding diaryl/α,β-unsaturated/α-hetero) is 1. The minimum Gasteiger partial charge on any atom is -0.489 e. The molecular weight excluding hydrogens is 366 g/mol. The zero-order valence-corrected chi connectivity index (χ0v) is 15.8. The first kappa shape index (κ1) is 18.5. The van der Waals surface area contributed by atoms with Crippen LogP contribution in [0.1, 0.15) is 28.4 Å². The largest absolute Gasteiger partial charge is 0.489 e. The Morgan fingerprint density at radius 1 is 1.03 bits per heavy atom. The van der Waals surface area contributed by atoms with Crippen molar-refractivity contribution in [3.8, 4) is 11.5 Å². The van der Waals surface area contributed by atoms with Gasteiger partial charge in [-0.1, -0.05) is 42.5 Å². The highest BCUT2D eigenvalue weighted by molar-refractivity contribution is 6.15. The van der Waals surface area contributed by atoms with Gasteiger partial charge in [-0.3, -0.25) is 9.59 Å². The van der Waals surface area contributed by atoms with Gasteiger partial charge in [0.1, 0.15) is 18.1 Å². The van der Waals surface area contributed by atoms with Crippen LogP contribution in [0.4, 0.5) is 5.69 Å². The van der Waals surface area contributed by atoms with E-state index in [1.165, 1.54) is 6.92 Å². The molecule has 0 aliphatic carbocycles. The smallest absolute Gasteiger partial charge is 0.232 e. The lowest BCUT2D eigenvalue weighted by Gasteiger charge is -2.07. The summed E-state index contributed by atoms with van der Waals surface area (Å²) in [5.41, 5.74) is 2.87. The van der Waals surface area contributed by atoms with E-state index in [9.17, 15) is 9.59 Å². The molecule has 29 heavy (non-hydrogen) atoms. The van der Waals surface area contributed by atoms with Crippen LogP contribution >= 0.6 is 0 Å². The van der Waals surface area contributed by atoms with Gasteiger partial charge in [0.05, 0.1) is 5.56 Å². The lowest BCUT2D eigenvalue weighted by atomic mass is 10.1. The minimum absolute atomic E-state index is 0.195. The molecule has 5 nitrogen and oxygen atoms in total. The van der Waals surface area contributed by atoms with Gasteiger partial charge in [-0.25, -0.2) is 0 Å². The molecule has 0 fully saturated rings. The number of hydrogen-bond donors (Lipinski definition) is 1. The number of benzene rings is 3. The molecule has 1 amide bonds. The molecule has 0 atom stereocenters. The van der Waals surface area contributed by atoms with Crippen molar-refractivity contribution in [2.45, 2.75) is 13.5 Å². The summed E-state index contributed by atoms with van der Waals surface area (Å²) in [5, 5.41) is 2.67. The second-order valence-corrected chi connectivity index (χ2v) is 6.68. The fourth-order valence-electron chi connectivity index (χ4n) is 3.06. The standard InChI is InChI=1S/C24H19NO4/c1-16(26)25-19-10-11-22-21(14-19)24(27)23(29-22)13-18-8-5-9-20(12-18)28-15-17-6-3-2-4-7-17/h2-14H,15H2,1H3,(H,25,26)/b23-13-. The third kappa shape index (κ3) is 4.35. The SMILES string of the molecule is CC(=O)Nc1ccc2c(c1)C(=O)/C(=C/c1cccc(OCc3ccccc3)c1)O2. The molecule has 144 valence electrons. The van der Waals surface area contributed by atoms with E-state index in [1.807, 2.05) is 54.6 Å². The van der Waals surface area contributed by atoms with Crippen LogP contribution in [0.15, 0.2) is 78.6 Å². The Labute approximate surface area is 168 Å². The first-order valence-corrected chi connectivity index (χ1v) is 9.21. The molecule has 0 aromatic heterocycles. The third-order valence-corrected chi connectivity index (χ3v) is 4.39. The first-order valence-electron chi connectivity index (χ1n) is 9.21. The van der Waals surface area contributed by atoms with Crippen LogP contribution < -0.4 is 14.8 Å². The van der Waals surface area contributed by atoms with E-state index >= 15 is 0 Å². The molecule has 1 N–H and O–H groups in total. The molecule has 5 heteroatoms. The Morgan fingerprint density at radius 2 is 1.86 bits per heavy atom. The van der Waals surface area contributed by atoms with Gasteiger partial charge >= 0.3 is 0 Å². The maximum Gasteiger partial charge on any atom is 0.232 e. The highest BCUT2D eigenvalue weighted by atomic mass is 16.5. The summed E-state index contributed by atoms with van der Waals surface area (Å²) in [6.07, 6.45) is 1.69. The van der Waals surface area contributed by atoms with Crippen molar-refractivity contribution in [1.82, 2.24) is 0 Å². The quantitative estimate of drug-likeness (QED) is 0.638. The number of hydrogen-bond acceptors (Lipinski definition) is 4. The van der Waals surface area contributed by atoms with Crippen LogP contribution in [0.5, 0.6) is 11.5 Å². The zero-order chi connectivity index (χ0) is 20.2. The van der Waals surface area contributed by atoms with Crippen LogP contribution in [0.3, 0.4) is 0 Å². The highest BCUT2D eigenvalue weighted by Crippen LogP contribution is 2.34. The normalized spacial score (nSPS) is 13.7. The maximum atomic E-state index is 12.7. The van der Waals surface area contributed by atoms with E-state index in [1.54, 1.807) is 24.3 Å². The molecule has 3 aromatic carbocycles. The molecule has 0 saturated heterocycles. The first-order chi connectivity index (χ1) is 14.1. The minimum atomic E-state index is -0.220. The Morgan fingerprint density at radius 3 is 2.66 bits per heavy atom. The van der Waals surface area contributed by atoms with Crippen molar-refractivity contribution in [3.63, 3.8) is 0 Å². The van der Waals surface area contributed by atoms with Gasteiger partial charge in [-0.2, -0.15) is 0 Å². The molecule has 0 unspecified atom stereocenters. The van der Waals surface area contributed by atoms with Crippen molar-refractivity contribution in [1.29, 1.82) is 0 Å². The summed E-state index contributed by atoms with van der Waals surface area (Å²) >= 11 is 0. The molecule has 4 rings (SSSR count). The molecule has 0 radical (unpaired) electrons. The number of nitrogens with one attached hydrogen (secondary N) is 1. The van der Waals surface area contributed by atoms with E-state index in [0.717, 1.165) is 11.1 Å². The summed E-state index contributed by atoms with van der Waals surface area (Å²) in [6.45, 7) is 1.89. The van der Waals surface area contributed by atoms with Crippen LogP contribution in [0, 0.1) is 0 Å². The number of carbonyl (C=O) groups is 2. The van der Waals surface area contributed by atoms with Gasteiger partial charge in [-0.05, 0) is 47.5 Å². The predicted octanol–water partition coefficient (Wildman–Crippen LogP) is 4.84.